The van der Waals surface area contributed by atoms with Gasteiger partial charge in [0.25, 0.3) is 0 Å². The minimum absolute atomic E-state index is 0.903. The summed E-state index contributed by atoms with van der Waals surface area (Å²) in [7, 11) is -2.39. The Kier molecular flexibility index (Phi) is 6.79. The van der Waals surface area contributed by atoms with Gasteiger partial charge in [-0.15, -0.1) is 0 Å². The van der Waals surface area contributed by atoms with Crippen molar-refractivity contribution in [3.63, 3.8) is 0 Å². The zero-order valence-corrected chi connectivity index (χ0v) is 19.2. The first-order chi connectivity index (χ1) is 15.3. The molecular weight excluding hydrogens is 395 g/mol. The molecule has 3 aromatic rings. The van der Waals surface area contributed by atoms with E-state index in [0.29, 0.717) is 0 Å². The number of rotatable bonds is 7. The molecule has 0 atom stereocenters. The number of aryl methyl sites for hydroxylation is 1. The third kappa shape index (κ3) is 4.40. The van der Waals surface area contributed by atoms with Gasteiger partial charge in [-0.05, 0) is 0 Å². The van der Waals surface area contributed by atoms with E-state index in [1.165, 1.54) is 27.9 Å². The first-order valence-electron chi connectivity index (χ1n) is 11.1. The molecule has 2 heterocycles. The van der Waals surface area contributed by atoms with Crippen LogP contribution in [0.2, 0.25) is 0 Å². The molecule has 1 N–H and O–H groups in total. The predicted molar refractivity (Wildman–Crippen MR) is 138 cm³/mol. The molecule has 1 aromatic heterocycles. The van der Waals surface area contributed by atoms with E-state index in [9.17, 15) is 0 Å². The van der Waals surface area contributed by atoms with Crippen molar-refractivity contribution in [2.75, 3.05) is 11.9 Å². The maximum absolute atomic E-state index is 5.10. The van der Waals surface area contributed by atoms with Crippen LogP contribution in [0.3, 0.4) is 0 Å². The first-order valence-corrected chi connectivity index (χ1v) is 13.3. The third-order valence-electron chi connectivity index (χ3n) is 6.07. The number of aromatic nitrogens is 1. The zero-order valence-electron chi connectivity index (χ0n) is 18.2. The quantitative estimate of drug-likeness (QED) is 0.371. The normalized spacial score (nSPS) is 14.7. The van der Waals surface area contributed by atoms with Crippen LogP contribution in [0.5, 0.6) is 0 Å². The molecule has 0 spiro atoms. The molecule has 1 aliphatic rings. The summed E-state index contributed by atoms with van der Waals surface area (Å²) in [6.07, 6.45) is 11.7. The maximum atomic E-state index is 5.10. The van der Waals surface area contributed by atoms with Crippen molar-refractivity contribution in [2.45, 2.75) is 25.9 Å². The van der Waals surface area contributed by atoms with Crippen LogP contribution >= 0.6 is 7.26 Å². The summed E-state index contributed by atoms with van der Waals surface area (Å²) >= 11 is 0. The van der Waals surface area contributed by atoms with Crippen molar-refractivity contribution in [3.05, 3.63) is 120 Å². The number of hydrogen-bond donors (Lipinski definition) is 1. The fraction of sp³-hybridized carbons (Fsp3) is 0.179. The Morgan fingerprint density at radius 2 is 1.68 bits per heavy atom. The van der Waals surface area contributed by atoms with Crippen LogP contribution < -0.4 is 15.9 Å². The van der Waals surface area contributed by atoms with Crippen LogP contribution in [-0.2, 0) is 12.6 Å². The Bertz CT molecular complexity index is 1050. The summed E-state index contributed by atoms with van der Waals surface area (Å²) in [5.74, 6) is 1.06. The molecule has 0 bridgehead atoms. The summed E-state index contributed by atoms with van der Waals surface area (Å²) in [5.41, 5.74) is 2.48. The Morgan fingerprint density at radius 3 is 2.29 bits per heavy atom. The van der Waals surface area contributed by atoms with Gasteiger partial charge in [-0.2, -0.15) is 0 Å². The Balaban J connectivity index is 1.95. The molecule has 3 heteroatoms. The molecule has 0 radical (unpaired) electrons. The molecule has 31 heavy (non-hydrogen) atoms. The summed E-state index contributed by atoms with van der Waals surface area (Å²) in [4.78, 5) is 5.10. The van der Waals surface area contributed by atoms with E-state index in [0.717, 1.165) is 30.6 Å². The molecule has 2 aromatic carbocycles. The molecule has 0 saturated heterocycles. The molecule has 158 valence electrons. The van der Waals surface area contributed by atoms with E-state index in [4.69, 9.17) is 4.98 Å². The van der Waals surface area contributed by atoms with Crippen LogP contribution in [0, 0.1) is 0 Å². The van der Waals surface area contributed by atoms with E-state index in [1.807, 2.05) is 6.08 Å². The van der Waals surface area contributed by atoms with E-state index < -0.39 is 7.26 Å². The Morgan fingerprint density at radius 1 is 1.00 bits per heavy atom. The zero-order chi connectivity index (χ0) is 21.5. The van der Waals surface area contributed by atoms with Crippen molar-refractivity contribution in [1.29, 1.82) is 0 Å². The number of anilines is 1. The molecule has 2 nitrogen and oxygen atoms in total. The molecule has 0 unspecified atom stereocenters. The topological polar surface area (TPSA) is 24.9 Å². The Hall–Kier alpha value is -2.96. The van der Waals surface area contributed by atoms with Gasteiger partial charge in [0.2, 0.25) is 0 Å². The van der Waals surface area contributed by atoms with Gasteiger partial charge in [0, 0.05) is 0 Å². The summed E-state index contributed by atoms with van der Waals surface area (Å²) < 4.78 is 0. The number of benzene rings is 2. The van der Waals surface area contributed by atoms with Gasteiger partial charge in [-0.1, -0.05) is 0 Å². The van der Waals surface area contributed by atoms with Crippen LogP contribution in [0.4, 0.5) is 5.82 Å². The number of pyridine rings is 1. The molecule has 1 aliphatic heterocycles. The Labute approximate surface area is 186 Å². The molecule has 4 rings (SSSR count). The summed E-state index contributed by atoms with van der Waals surface area (Å²) in [6.45, 7) is 7.13. The molecule has 0 amide bonds. The van der Waals surface area contributed by atoms with Crippen molar-refractivity contribution < 1.29 is 0 Å². The summed E-state index contributed by atoms with van der Waals surface area (Å²) in [5, 5.41) is 7.63. The van der Waals surface area contributed by atoms with Gasteiger partial charge >= 0.3 is 187 Å². The SMILES string of the molecule is C=C/C=C(\C=C/C)[PH](Cc1ccc2c(n1)NCCC2)(c1ccccc1)c1ccccc1. The van der Waals surface area contributed by atoms with Crippen molar-refractivity contribution in [2.24, 2.45) is 0 Å². The van der Waals surface area contributed by atoms with Gasteiger partial charge in [0.05, 0.1) is 0 Å². The van der Waals surface area contributed by atoms with E-state index in [2.05, 4.69) is 110 Å². The van der Waals surface area contributed by atoms with Gasteiger partial charge < -0.3 is 0 Å². The van der Waals surface area contributed by atoms with Crippen LogP contribution in [-0.4, -0.2) is 11.5 Å². The second-order valence-electron chi connectivity index (χ2n) is 8.01. The van der Waals surface area contributed by atoms with Gasteiger partial charge in [-0.25, -0.2) is 0 Å². The predicted octanol–water partition coefficient (Wildman–Crippen LogP) is 5.99. The van der Waals surface area contributed by atoms with Crippen LogP contribution in [0.15, 0.2) is 109 Å². The van der Waals surface area contributed by atoms with Gasteiger partial charge in [0.1, 0.15) is 0 Å². The standard InChI is InChI=1S/C28H31N2P/c1-3-12-25(13-4-2)31(26-15-7-5-8-16-26,27-17-9-6-10-18-27)22-24-20-19-23-14-11-21-29-28(23)30-24/h3-10,12-13,15-20,31H,1,11,14,21-22H2,2H3,(H,29,30)/b13-4-,25-12+. The number of hydrogen-bond acceptors (Lipinski definition) is 2. The number of nitrogens with zero attached hydrogens (tertiary/aromatic N) is 1. The average Bonchev–Trinajstić information content (AvgIpc) is 2.83. The number of allylic oxidation sites excluding steroid dienone is 5. The van der Waals surface area contributed by atoms with Gasteiger partial charge in [-0.3, -0.25) is 0 Å². The summed E-state index contributed by atoms with van der Waals surface area (Å²) in [6, 6.07) is 26.5. The molecule has 0 fully saturated rings. The average molecular weight is 427 g/mol. The van der Waals surface area contributed by atoms with Crippen LogP contribution in [0.25, 0.3) is 0 Å². The van der Waals surface area contributed by atoms with Crippen molar-refractivity contribution in [3.8, 4) is 0 Å². The fourth-order valence-corrected chi connectivity index (χ4v) is 9.37. The first kappa shape index (κ1) is 21.3. The van der Waals surface area contributed by atoms with Crippen LogP contribution in [0.1, 0.15) is 24.6 Å². The second-order valence-corrected chi connectivity index (χ2v) is 11.9. The second kappa shape index (κ2) is 9.90. The number of fused-ring (bicyclic) bond motifs is 1. The van der Waals surface area contributed by atoms with E-state index >= 15 is 0 Å². The molecule has 0 saturated carbocycles. The third-order valence-corrected chi connectivity index (χ3v) is 10.9. The monoisotopic (exact) mass is 426 g/mol. The molecular formula is C28H31N2P. The minimum atomic E-state index is -2.39. The van der Waals surface area contributed by atoms with E-state index in [-0.39, 0.29) is 0 Å². The van der Waals surface area contributed by atoms with Gasteiger partial charge in [0.15, 0.2) is 0 Å². The number of nitrogens with one attached hydrogen (secondary N) is 1. The van der Waals surface area contributed by atoms with Crippen molar-refractivity contribution in [1.82, 2.24) is 4.98 Å². The fourth-order valence-electron chi connectivity index (χ4n) is 4.64. The molecule has 0 aliphatic carbocycles. The van der Waals surface area contributed by atoms with Crippen molar-refractivity contribution >= 4 is 23.7 Å². The van der Waals surface area contributed by atoms with E-state index in [1.54, 1.807) is 0 Å².